The normalized spacial score (nSPS) is 10.0. The summed E-state index contributed by atoms with van der Waals surface area (Å²) in [5.74, 6) is -0.920. The lowest BCUT2D eigenvalue weighted by atomic mass is 10.1. The Morgan fingerprint density at radius 2 is 1.67 bits per heavy atom. The fourth-order valence-corrected chi connectivity index (χ4v) is 2.43. The van der Waals surface area contributed by atoms with Gasteiger partial charge in [-0.1, -0.05) is 30.3 Å². The van der Waals surface area contributed by atoms with Crippen molar-refractivity contribution in [3.8, 4) is 5.75 Å². The number of para-hydroxylation sites is 2. The van der Waals surface area contributed by atoms with Crippen LogP contribution in [0.2, 0.25) is 0 Å². The van der Waals surface area contributed by atoms with Crippen LogP contribution in [-0.2, 0) is 25.5 Å². The average molecular weight is 371 g/mol. The predicted octanol–water partition coefficient (Wildman–Crippen LogP) is 2.60. The molecule has 0 aromatic heterocycles. The van der Waals surface area contributed by atoms with Crippen molar-refractivity contribution in [3.63, 3.8) is 0 Å². The van der Waals surface area contributed by atoms with Gasteiger partial charge in [0.2, 0.25) is 0 Å². The summed E-state index contributed by atoms with van der Waals surface area (Å²) < 4.78 is 14.9. The topological polar surface area (TPSA) is 90.9 Å². The van der Waals surface area contributed by atoms with Gasteiger partial charge in [-0.05, 0) is 30.2 Å². The second-order valence-corrected chi connectivity index (χ2v) is 5.56. The molecule has 0 saturated carbocycles. The van der Waals surface area contributed by atoms with Crippen molar-refractivity contribution in [2.75, 3.05) is 26.1 Å². The summed E-state index contributed by atoms with van der Waals surface area (Å²) in [5, 5.41) is 2.54. The number of esters is 2. The van der Waals surface area contributed by atoms with E-state index in [1.165, 1.54) is 13.2 Å². The first-order chi connectivity index (χ1) is 13.0. The first-order valence-corrected chi connectivity index (χ1v) is 8.30. The summed E-state index contributed by atoms with van der Waals surface area (Å²) in [5.41, 5.74) is 1.39. The second-order valence-electron chi connectivity index (χ2n) is 5.56. The molecule has 0 spiro atoms. The third kappa shape index (κ3) is 5.85. The van der Waals surface area contributed by atoms with E-state index < -0.39 is 24.5 Å². The molecule has 0 heterocycles. The standard InChI is InChI=1S/C20H21NO6/c1-25-17-10-6-3-7-14(17)11-12-19(23)27-13-18(22)21-16-9-5-4-8-15(16)20(24)26-2/h3-10H,11-13H2,1-2H3,(H,21,22). The number of aryl methyl sites for hydroxylation is 1. The maximum atomic E-state index is 12.0. The van der Waals surface area contributed by atoms with Gasteiger partial charge in [0.15, 0.2) is 6.61 Å². The van der Waals surface area contributed by atoms with Crippen LogP contribution in [0.3, 0.4) is 0 Å². The highest BCUT2D eigenvalue weighted by molar-refractivity contribution is 6.01. The zero-order valence-corrected chi connectivity index (χ0v) is 15.2. The van der Waals surface area contributed by atoms with Crippen molar-refractivity contribution in [1.82, 2.24) is 0 Å². The Kier molecular flexibility index (Phi) is 7.37. The molecule has 2 aromatic carbocycles. The molecule has 1 N–H and O–H groups in total. The highest BCUT2D eigenvalue weighted by atomic mass is 16.5. The molecular weight excluding hydrogens is 350 g/mol. The Hall–Kier alpha value is -3.35. The van der Waals surface area contributed by atoms with Crippen molar-refractivity contribution < 1.29 is 28.6 Å². The number of carbonyl (C=O) groups is 3. The first-order valence-electron chi connectivity index (χ1n) is 8.30. The monoisotopic (exact) mass is 371 g/mol. The Morgan fingerprint density at radius 1 is 0.963 bits per heavy atom. The van der Waals surface area contributed by atoms with Gasteiger partial charge in [-0.3, -0.25) is 9.59 Å². The Balaban J connectivity index is 1.84. The molecule has 0 atom stereocenters. The van der Waals surface area contributed by atoms with Crippen LogP contribution in [0.15, 0.2) is 48.5 Å². The van der Waals surface area contributed by atoms with Gasteiger partial charge in [-0.15, -0.1) is 0 Å². The van der Waals surface area contributed by atoms with Crippen LogP contribution in [0.1, 0.15) is 22.3 Å². The van der Waals surface area contributed by atoms with Gasteiger partial charge in [0.25, 0.3) is 5.91 Å². The molecule has 0 radical (unpaired) electrons. The van der Waals surface area contributed by atoms with Gasteiger partial charge < -0.3 is 19.5 Å². The number of hydrogen-bond donors (Lipinski definition) is 1. The van der Waals surface area contributed by atoms with Gasteiger partial charge in [0.1, 0.15) is 5.75 Å². The lowest BCUT2D eigenvalue weighted by Gasteiger charge is -2.10. The molecular formula is C20H21NO6. The largest absolute Gasteiger partial charge is 0.496 e. The lowest BCUT2D eigenvalue weighted by Crippen LogP contribution is -2.22. The molecule has 142 valence electrons. The number of rotatable bonds is 8. The second kappa shape index (κ2) is 9.96. The summed E-state index contributed by atoms with van der Waals surface area (Å²) in [7, 11) is 2.82. The maximum Gasteiger partial charge on any atom is 0.339 e. The smallest absolute Gasteiger partial charge is 0.339 e. The molecule has 1 amide bonds. The van der Waals surface area contributed by atoms with Crippen molar-refractivity contribution in [2.45, 2.75) is 12.8 Å². The Bertz CT molecular complexity index is 818. The number of hydrogen-bond acceptors (Lipinski definition) is 6. The van der Waals surface area contributed by atoms with Crippen molar-refractivity contribution in [3.05, 3.63) is 59.7 Å². The minimum absolute atomic E-state index is 0.117. The highest BCUT2D eigenvalue weighted by Gasteiger charge is 2.14. The van der Waals surface area contributed by atoms with Crippen LogP contribution in [0.25, 0.3) is 0 Å². The fraction of sp³-hybridized carbons (Fsp3) is 0.250. The van der Waals surface area contributed by atoms with Crippen LogP contribution in [0.4, 0.5) is 5.69 Å². The molecule has 7 heteroatoms. The van der Waals surface area contributed by atoms with E-state index in [1.807, 2.05) is 24.3 Å². The molecule has 0 aliphatic rings. The molecule has 0 aliphatic heterocycles. The van der Waals surface area contributed by atoms with Crippen LogP contribution in [-0.4, -0.2) is 38.7 Å². The molecule has 0 saturated heterocycles. The number of methoxy groups -OCH3 is 2. The number of nitrogens with one attached hydrogen (secondary N) is 1. The molecule has 0 unspecified atom stereocenters. The Labute approximate surface area is 157 Å². The van der Waals surface area contributed by atoms with Crippen molar-refractivity contribution in [2.24, 2.45) is 0 Å². The molecule has 0 fully saturated rings. The van der Waals surface area contributed by atoms with Crippen LogP contribution < -0.4 is 10.1 Å². The summed E-state index contributed by atoms with van der Waals surface area (Å²) >= 11 is 0. The van der Waals surface area contributed by atoms with Gasteiger partial charge in [-0.2, -0.15) is 0 Å². The van der Waals surface area contributed by atoms with Crippen LogP contribution >= 0.6 is 0 Å². The van der Waals surface area contributed by atoms with E-state index in [-0.39, 0.29) is 12.0 Å². The number of amides is 1. The van der Waals surface area contributed by atoms with Gasteiger partial charge in [0, 0.05) is 6.42 Å². The molecule has 27 heavy (non-hydrogen) atoms. The minimum atomic E-state index is -0.570. The third-order valence-corrected chi connectivity index (χ3v) is 3.76. The van der Waals surface area contributed by atoms with Crippen molar-refractivity contribution >= 4 is 23.5 Å². The number of benzene rings is 2. The predicted molar refractivity (Wildman–Crippen MR) is 98.7 cm³/mol. The third-order valence-electron chi connectivity index (χ3n) is 3.76. The van der Waals surface area contributed by atoms with E-state index >= 15 is 0 Å². The number of carbonyl (C=O) groups excluding carboxylic acids is 3. The quantitative estimate of drug-likeness (QED) is 0.717. The average Bonchev–Trinajstić information content (AvgIpc) is 2.70. The maximum absolute atomic E-state index is 12.0. The van der Waals surface area contributed by atoms with E-state index in [9.17, 15) is 14.4 Å². The van der Waals surface area contributed by atoms with Crippen molar-refractivity contribution in [1.29, 1.82) is 0 Å². The summed E-state index contributed by atoms with van der Waals surface area (Å²) in [6, 6.07) is 13.8. The van der Waals surface area contributed by atoms with E-state index in [2.05, 4.69) is 10.1 Å². The fourth-order valence-electron chi connectivity index (χ4n) is 2.43. The zero-order valence-electron chi connectivity index (χ0n) is 15.2. The molecule has 2 aromatic rings. The number of anilines is 1. The highest BCUT2D eigenvalue weighted by Crippen LogP contribution is 2.19. The van der Waals surface area contributed by atoms with E-state index in [4.69, 9.17) is 9.47 Å². The van der Waals surface area contributed by atoms with Gasteiger partial charge in [-0.25, -0.2) is 4.79 Å². The zero-order chi connectivity index (χ0) is 19.6. The SMILES string of the molecule is COC(=O)c1ccccc1NC(=O)COC(=O)CCc1ccccc1OC. The van der Waals surface area contributed by atoms with Gasteiger partial charge >= 0.3 is 11.9 Å². The molecule has 2 rings (SSSR count). The molecule has 0 aliphatic carbocycles. The van der Waals surface area contributed by atoms with Crippen LogP contribution in [0, 0.1) is 0 Å². The van der Waals surface area contributed by atoms with Gasteiger partial charge in [0.05, 0.1) is 25.5 Å². The molecule has 0 bridgehead atoms. The van der Waals surface area contributed by atoms with E-state index in [1.54, 1.807) is 25.3 Å². The number of ether oxygens (including phenoxy) is 3. The first kappa shape index (κ1) is 20.0. The summed E-state index contributed by atoms with van der Waals surface area (Å²) in [4.78, 5) is 35.6. The molecule has 7 nitrogen and oxygen atoms in total. The summed E-state index contributed by atoms with van der Waals surface area (Å²) in [6.45, 7) is -0.444. The van der Waals surface area contributed by atoms with Crippen LogP contribution in [0.5, 0.6) is 5.75 Å². The summed E-state index contributed by atoms with van der Waals surface area (Å²) in [6.07, 6.45) is 0.558. The lowest BCUT2D eigenvalue weighted by molar-refractivity contribution is -0.147. The minimum Gasteiger partial charge on any atom is -0.496 e. The van der Waals surface area contributed by atoms with E-state index in [0.717, 1.165) is 5.56 Å². The Morgan fingerprint density at radius 3 is 2.41 bits per heavy atom. The van der Waals surface area contributed by atoms with E-state index in [0.29, 0.717) is 17.9 Å².